The summed E-state index contributed by atoms with van der Waals surface area (Å²) in [6.07, 6.45) is 1.16. The molecule has 1 aromatic rings. The van der Waals surface area contributed by atoms with Gasteiger partial charge in [0, 0.05) is 12.3 Å². The predicted molar refractivity (Wildman–Crippen MR) is 48.3 cm³/mol. The predicted octanol–water partition coefficient (Wildman–Crippen LogP) is 0.136. The van der Waals surface area contributed by atoms with Crippen LogP contribution in [0.2, 0.25) is 0 Å². The maximum absolute atomic E-state index is 11.1. The Labute approximate surface area is 79.6 Å². The third-order valence-corrected chi connectivity index (χ3v) is 1.62. The number of hydrogen-bond donors (Lipinski definition) is 1. The van der Waals surface area contributed by atoms with Gasteiger partial charge in [-0.25, -0.2) is 4.79 Å². The molecule has 0 aliphatic heterocycles. The molecule has 0 aliphatic carbocycles. The van der Waals surface area contributed by atoms with Crippen LogP contribution in [0.15, 0.2) is 23.1 Å². The fraction of sp³-hybridized carbons (Fsp3) is 0.222. The molecule has 1 heterocycles. The van der Waals surface area contributed by atoms with Crippen LogP contribution in [0.5, 0.6) is 0 Å². The molecule has 1 rings (SSSR count). The van der Waals surface area contributed by atoms with Crippen molar-refractivity contribution in [1.29, 1.82) is 0 Å². The highest BCUT2D eigenvalue weighted by Crippen LogP contribution is 1.95. The van der Waals surface area contributed by atoms with Crippen LogP contribution in [0.25, 0.3) is 0 Å². The fourth-order valence-electron chi connectivity index (χ4n) is 1.02. The summed E-state index contributed by atoms with van der Waals surface area (Å²) in [6.45, 7) is 1.24. The summed E-state index contributed by atoms with van der Waals surface area (Å²) in [5.74, 6) is -1.32. The van der Waals surface area contributed by atoms with Crippen LogP contribution < -0.4 is 5.56 Å². The molecule has 0 aromatic carbocycles. The number of pyridine rings is 1. The molecule has 0 bridgehead atoms. The molecule has 0 spiro atoms. The summed E-state index contributed by atoms with van der Waals surface area (Å²) in [4.78, 5) is 32.4. The van der Waals surface area contributed by atoms with Gasteiger partial charge in [-0.3, -0.25) is 9.59 Å². The first-order chi connectivity index (χ1) is 6.50. The average Bonchev–Trinajstić information content (AvgIpc) is 2.07. The quantitative estimate of drug-likeness (QED) is 0.744. The third-order valence-electron chi connectivity index (χ3n) is 1.62. The number of nitrogens with zero attached hydrogens (tertiary/aromatic N) is 1. The molecule has 0 atom stereocenters. The lowest BCUT2D eigenvalue weighted by atomic mass is 10.3. The van der Waals surface area contributed by atoms with Crippen LogP contribution in [-0.2, 0) is 11.3 Å². The molecule has 14 heavy (non-hydrogen) atoms. The smallest absolute Gasteiger partial charge is 0.337 e. The number of hydrogen-bond acceptors (Lipinski definition) is 3. The number of carbonyl (C=O) groups excluding carboxylic acids is 1. The maximum Gasteiger partial charge on any atom is 0.337 e. The maximum atomic E-state index is 11.1. The topological polar surface area (TPSA) is 76.4 Å². The summed E-state index contributed by atoms with van der Waals surface area (Å²) < 4.78 is 1.08. The molecular formula is C9H9NO4. The van der Waals surface area contributed by atoms with E-state index in [9.17, 15) is 14.4 Å². The molecule has 0 saturated carbocycles. The van der Waals surface area contributed by atoms with E-state index in [0.29, 0.717) is 0 Å². The van der Waals surface area contributed by atoms with Gasteiger partial charge in [0.2, 0.25) is 0 Å². The standard InChI is InChI=1S/C9H9NO4/c1-6(11)4-10-5-7(9(13)14)2-3-8(10)12/h2-3,5H,4H2,1H3,(H,13,14). The van der Waals surface area contributed by atoms with Crippen LogP contribution >= 0.6 is 0 Å². The lowest BCUT2D eigenvalue weighted by Gasteiger charge is -2.02. The Bertz CT molecular complexity index is 433. The monoisotopic (exact) mass is 195 g/mol. The number of Topliss-reactive ketones (excluding diaryl/α,β-unsaturated/α-hetero) is 1. The first kappa shape index (κ1) is 10.2. The van der Waals surface area contributed by atoms with Crippen molar-refractivity contribution in [3.8, 4) is 0 Å². The van der Waals surface area contributed by atoms with E-state index in [1.165, 1.54) is 13.0 Å². The molecule has 1 N–H and O–H groups in total. The number of aromatic nitrogens is 1. The zero-order valence-electron chi connectivity index (χ0n) is 7.56. The van der Waals surface area contributed by atoms with Crippen molar-refractivity contribution in [2.45, 2.75) is 13.5 Å². The number of rotatable bonds is 3. The highest BCUT2D eigenvalue weighted by Gasteiger charge is 2.05. The molecule has 0 amide bonds. The highest BCUT2D eigenvalue weighted by atomic mass is 16.4. The molecule has 1 aromatic heterocycles. The van der Waals surface area contributed by atoms with Gasteiger partial charge in [0.15, 0.2) is 0 Å². The van der Waals surface area contributed by atoms with Crippen LogP contribution in [-0.4, -0.2) is 21.4 Å². The lowest BCUT2D eigenvalue weighted by Crippen LogP contribution is -2.23. The second kappa shape index (κ2) is 3.87. The van der Waals surface area contributed by atoms with Gasteiger partial charge in [-0.2, -0.15) is 0 Å². The summed E-state index contributed by atoms with van der Waals surface area (Å²) >= 11 is 0. The summed E-state index contributed by atoms with van der Waals surface area (Å²) in [7, 11) is 0. The first-order valence-electron chi connectivity index (χ1n) is 3.94. The van der Waals surface area contributed by atoms with E-state index < -0.39 is 5.97 Å². The molecule has 5 nitrogen and oxygen atoms in total. The van der Waals surface area contributed by atoms with E-state index in [-0.39, 0.29) is 23.5 Å². The van der Waals surface area contributed by atoms with Gasteiger partial charge in [0.25, 0.3) is 5.56 Å². The van der Waals surface area contributed by atoms with E-state index >= 15 is 0 Å². The van der Waals surface area contributed by atoms with E-state index in [2.05, 4.69) is 0 Å². The van der Waals surface area contributed by atoms with Crippen molar-refractivity contribution >= 4 is 11.8 Å². The Balaban J connectivity index is 3.15. The molecule has 0 saturated heterocycles. The zero-order chi connectivity index (χ0) is 10.7. The summed E-state index contributed by atoms with van der Waals surface area (Å²) in [6, 6.07) is 2.34. The minimum atomic E-state index is -1.12. The van der Waals surface area contributed by atoms with Crippen LogP contribution in [0, 0.1) is 0 Å². The van der Waals surface area contributed by atoms with Gasteiger partial charge in [-0.1, -0.05) is 0 Å². The Kier molecular flexibility index (Phi) is 2.81. The van der Waals surface area contributed by atoms with E-state index in [1.807, 2.05) is 0 Å². The van der Waals surface area contributed by atoms with Crippen molar-refractivity contribution in [3.05, 3.63) is 34.2 Å². The zero-order valence-corrected chi connectivity index (χ0v) is 7.56. The number of carboxylic acid groups (broad SMARTS) is 1. The van der Waals surface area contributed by atoms with E-state index in [1.54, 1.807) is 0 Å². The van der Waals surface area contributed by atoms with Gasteiger partial charge in [-0.15, -0.1) is 0 Å². The Morgan fingerprint density at radius 3 is 2.57 bits per heavy atom. The minimum absolute atomic E-state index is 0.00847. The van der Waals surface area contributed by atoms with Gasteiger partial charge in [-0.05, 0) is 13.0 Å². The van der Waals surface area contributed by atoms with E-state index in [0.717, 1.165) is 16.8 Å². The van der Waals surface area contributed by atoms with Crippen molar-refractivity contribution in [2.24, 2.45) is 0 Å². The van der Waals surface area contributed by atoms with Gasteiger partial charge in [0.1, 0.15) is 5.78 Å². The molecule has 0 unspecified atom stereocenters. The molecule has 0 aliphatic rings. The van der Waals surface area contributed by atoms with Gasteiger partial charge < -0.3 is 9.67 Å². The normalized spacial score (nSPS) is 9.79. The van der Waals surface area contributed by atoms with Crippen molar-refractivity contribution < 1.29 is 14.7 Å². The Morgan fingerprint density at radius 1 is 1.43 bits per heavy atom. The van der Waals surface area contributed by atoms with Gasteiger partial charge >= 0.3 is 5.97 Å². The number of carboxylic acids is 1. The summed E-state index contributed by atoms with van der Waals surface area (Å²) in [5, 5.41) is 8.63. The largest absolute Gasteiger partial charge is 0.478 e. The van der Waals surface area contributed by atoms with E-state index in [4.69, 9.17) is 5.11 Å². The van der Waals surface area contributed by atoms with Crippen molar-refractivity contribution in [3.63, 3.8) is 0 Å². The molecule has 74 valence electrons. The minimum Gasteiger partial charge on any atom is -0.478 e. The highest BCUT2D eigenvalue weighted by molar-refractivity contribution is 5.87. The SMILES string of the molecule is CC(=O)Cn1cc(C(=O)O)ccc1=O. The second-order valence-corrected chi connectivity index (χ2v) is 2.89. The summed E-state index contributed by atoms with van der Waals surface area (Å²) in [5.41, 5.74) is -0.393. The molecule has 0 radical (unpaired) electrons. The fourth-order valence-corrected chi connectivity index (χ4v) is 1.02. The number of aromatic carboxylic acids is 1. The number of carbonyl (C=O) groups is 2. The lowest BCUT2D eigenvalue weighted by molar-refractivity contribution is -0.117. The van der Waals surface area contributed by atoms with Crippen LogP contribution in [0.4, 0.5) is 0 Å². The van der Waals surface area contributed by atoms with Crippen molar-refractivity contribution in [2.75, 3.05) is 0 Å². The number of ketones is 1. The first-order valence-corrected chi connectivity index (χ1v) is 3.94. The third kappa shape index (κ3) is 2.29. The van der Waals surface area contributed by atoms with Crippen LogP contribution in [0.3, 0.4) is 0 Å². The molecule has 5 heteroatoms. The average molecular weight is 195 g/mol. The second-order valence-electron chi connectivity index (χ2n) is 2.89. The van der Waals surface area contributed by atoms with Crippen LogP contribution in [0.1, 0.15) is 17.3 Å². The van der Waals surface area contributed by atoms with Crippen molar-refractivity contribution in [1.82, 2.24) is 4.57 Å². The Morgan fingerprint density at radius 2 is 2.07 bits per heavy atom. The van der Waals surface area contributed by atoms with Gasteiger partial charge in [0.05, 0.1) is 12.1 Å². The molecular weight excluding hydrogens is 186 g/mol. The Hall–Kier alpha value is -1.91. The molecule has 0 fully saturated rings.